The second-order valence-corrected chi connectivity index (χ2v) is 4.00. The molecule has 1 aromatic heterocycles. The van der Waals surface area contributed by atoms with Gasteiger partial charge in [0.15, 0.2) is 0 Å². The number of carbonyl (C=O) groups is 1. The summed E-state index contributed by atoms with van der Waals surface area (Å²) in [5.41, 5.74) is 0.0189. The van der Waals surface area contributed by atoms with E-state index in [1.54, 1.807) is 32.3 Å². The van der Waals surface area contributed by atoms with Crippen molar-refractivity contribution in [2.45, 2.75) is 0 Å². The Morgan fingerprint density at radius 1 is 1.40 bits per heavy atom. The molecular weight excluding hydrogens is 262 g/mol. The third-order valence-corrected chi connectivity index (χ3v) is 2.80. The Morgan fingerprint density at radius 2 is 2.15 bits per heavy atom. The number of nitro groups is 1. The van der Waals surface area contributed by atoms with Gasteiger partial charge in [0, 0.05) is 20.2 Å². The summed E-state index contributed by atoms with van der Waals surface area (Å²) in [4.78, 5) is 22.7. The van der Waals surface area contributed by atoms with E-state index >= 15 is 0 Å². The summed E-state index contributed by atoms with van der Waals surface area (Å²) in [6, 6.07) is 6.13. The minimum atomic E-state index is -0.579. The lowest BCUT2D eigenvalue weighted by Gasteiger charge is -2.08. The van der Waals surface area contributed by atoms with Crippen LogP contribution in [-0.4, -0.2) is 27.7 Å². The molecule has 0 aliphatic heterocycles. The van der Waals surface area contributed by atoms with Crippen molar-refractivity contribution in [2.75, 3.05) is 17.7 Å². The number of anilines is 2. The molecule has 0 aliphatic carbocycles. The van der Waals surface area contributed by atoms with Gasteiger partial charge in [0.2, 0.25) is 0 Å². The minimum absolute atomic E-state index is 0.0111. The average molecular weight is 275 g/mol. The van der Waals surface area contributed by atoms with Crippen LogP contribution in [0.25, 0.3) is 0 Å². The molecule has 0 aliphatic rings. The van der Waals surface area contributed by atoms with Gasteiger partial charge in [0.25, 0.3) is 5.91 Å². The van der Waals surface area contributed by atoms with Crippen LogP contribution in [0.15, 0.2) is 30.5 Å². The van der Waals surface area contributed by atoms with E-state index in [0.29, 0.717) is 5.82 Å². The molecule has 8 nitrogen and oxygen atoms in total. The number of hydrogen-bond acceptors (Lipinski definition) is 5. The average Bonchev–Trinajstić information content (AvgIpc) is 2.83. The zero-order valence-corrected chi connectivity index (χ0v) is 11.0. The van der Waals surface area contributed by atoms with Crippen LogP contribution in [0.5, 0.6) is 0 Å². The highest BCUT2D eigenvalue weighted by molar-refractivity contribution is 6.08. The maximum Gasteiger partial charge on any atom is 0.305 e. The molecule has 104 valence electrons. The predicted molar refractivity (Wildman–Crippen MR) is 73.8 cm³/mol. The fourth-order valence-corrected chi connectivity index (χ4v) is 1.81. The maximum atomic E-state index is 12.2. The van der Waals surface area contributed by atoms with Crippen molar-refractivity contribution in [3.05, 3.63) is 46.1 Å². The van der Waals surface area contributed by atoms with Crippen LogP contribution in [-0.2, 0) is 7.05 Å². The van der Waals surface area contributed by atoms with Crippen molar-refractivity contribution >= 4 is 23.1 Å². The van der Waals surface area contributed by atoms with Crippen LogP contribution in [0.3, 0.4) is 0 Å². The zero-order chi connectivity index (χ0) is 14.7. The summed E-state index contributed by atoms with van der Waals surface area (Å²) in [5.74, 6) is -0.100. The molecule has 2 rings (SSSR count). The zero-order valence-electron chi connectivity index (χ0n) is 11.0. The summed E-state index contributed by atoms with van der Waals surface area (Å²) < 4.78 is 1.46. The topological polar surface area (TPSA) is 102 Å². The van der Waals surface area contributed by atoms with Crippen molar-refractivity contribution in [1.29, 1.82) is 0 Å². The van der Waals surface area contributed by atoms with Gasteiger partial charge in [-0.15, -0.1) is 0 Å². The molecule has 0 fully saturated rings. The second kappa shape index (κ2) is 5.39. The lowest BCUT2D eigenvalue weighted by Crippen LogP contribution is -2.16. The third kappa shape index (κ3) is 2.44. The first-order chi connectivity index (χ1) is 9.54. The minimum Gasteiger partial charge on any atom is -0.383 e. The lowest BCUT2D eigenvalue weighted by molar-refractivity contribution is -0.384. The number of nitrogens with one attached hydrogen (secondary N) is 2. The summed E-state index contributed by atoms with van der Waals surface area (Å²) >= 11 is 0. The maximum absolute atomic E-state index is 12.2. The van der Waals surface area contributed by atoms with E-state index in [1.165, 1.54) is 16.9 Å². The highest BCUT2D eigenvalue weighted by Crippen LogP contribution is 2.28. The Bertz CT molecular complexity index is 665. The number of para-hydroxylation sites is 1. The summed E-state index contributed by atoms with van der Waals surface area (Å²) in [6.07, 6.45) is 1.52. The number of hydrogen-bond donors (Lipinski definition) is 2. The molecule has 20 heavy (non-hydrogen) atoms. The fraction of sp³-hybridized carbons (Fsp3) is 0.167. The standard InChI is InChI=1S/C12H13N5O3/c1-13-9-5-3-4-8(11(9)17(19)20)12(18)15-10-6-7-14-16(10)2/h3-7,13H,1-2H3,(H,15,18). The molecule has 0 radical (unpaired) electrons. The molecule has 2 aromatic rings. The van der Waals surface area contributed by atoms with E-state index < -0.39 is 10.8 Å². The van der Waals surface area contributed by atoms with E-state index in [9.17, 15) is 14.9 Å². The molecule has 1 amide bonds. The summed E-state index contributed by atoms with van der Waals surface area (Å²) in [5, 5.41) is 20.3. The summed E-state index contributed by atoms with van der Waals surface area (Å²) in [6.45, 7) is 0. The van der Waals surface area contributed by atoms with E-state index in [1.807, 2.05) is 0 Å². The SMILES string of the molecule is CNc1cccc(C(=O)Nc2ccnn2C)c1[N+](=O)[O-]. The van der Waals surface area contributed by atoms with E-state index in [4.69, 9.17) is 0 Å². The largest absolute Gasteiger partial charge is 0.383 e. The van der Waals surface area contributed by atoms with Gasteiger partial charge < -0.3 is 10.6 Å². The number of benzene rings is 1. The van der Waals surface area contributed by atoms with Crippen LogP contribution in [0, 0.1) is 10.1 Å². The van der Waals surface area contributed by atoms with Crippen LogP contribution in [0.2, 0.25) is 0 Å². The molecule has 1 aromatic carbocycles. The summed E-state index contributed by atoms with van der Waals surface area (Å²) in [7, 11) is 3.22. The van der Waals surface area contributed by atoms with Crippen LogP contribution in [0.1, 0.15) is 10.4 Å². The Balaban J connectivity index is 2.39. The first-order valence-electron chi connectivity index (χ1n) is 5.79. The molecule has 0 saturated heterocycles. The van der Waals surface area contributed by atoms with E-state index in [-0.39, 0.29) is 16.9 Å². The smallest absolute Gasteiger partial charge is 0.305 e. The van der Waals surface area contributed by atoms with Crippen LogP contribution in [0.4, 0.5) is 17.2 Å². The number of aromatic nitrogens is 2. The lowest BCUT2D eigenvalue weighted by atomic mass is 10.1. The fourth-order valence-electron chi connectivity index (χ4n) is 1.81. The number of aryl methyl sites for hydroxylation is 1. The van der Waals surface area contributed by atoms with E-state index in [2.05, 4.69) is 15.7 Å². The van der Waals surface area contributed by atoms with Crippen molar-refractivity contribution in [2.24, 2.45) is 7.05 Å². The Kier molecular flexibility index (Phi) is 3.65. The molecule has 0 atom stereocenters. The Labute approximate surface area is 114 Å². The Morgan fingerprint density at radius 3 is 2.70 bits per heavy atom. The van der Waals surface area contributed by atoms with Crippen LogP contribution < -0.4 is 10.6 Å². The molecule has 0 bridgehead atoms. The molecule has 2 N–H and O–H groups in total. The van der Waals surface area contributed by atoms with Crippen molar-refractivity contribution in [1.82, 2.24) is 9.78 Å². The van der Waals surface area contributed by atoms with Gasteiger partial charge in [0.1, 0.15) is 17.1 Å². The van der Waals surface area contributed by atoms with Crippen LogP contribution >= 0.6 is 0 Å². The van der Waals surface area contributed by atoms with Gasteiger partial charge in [-0.3, -0.25) is 19.6 Å². The number of rotatable bonds is 4. The molecule has 1 heterocycles. The highest BCUT2D eigenvalue weighted by atomic mass is 16.6. The van der Waals surface area contributed by atoms with E-state index in [0.717, 1.165) is 0 Å². The number of nitrogens with zero attached hydrogens (tertiary/aromatic N) is 3. The van der Waals surface area contributed by atoms with Gasteiger partial charge in [-0.1, -0.05) is 6.07 Å². The number of carbonyl (C=O) groups excluding carboxylic acids is 1. The third-order valence-electron chi connectivity index (χ3n) is 2.80. The van der Waals surface area contributed by atoms with Gasteiger partial charge >= 0.3 is 5.69 Å². The molecular formula is C12H13N5O3. The first kappa shape index (κ1) is 13.5. The second-order valence-electron chi connectivity index (χ2n) is 4.00. The first-order valence-corrected chi connectivity index (χ1v) is 5.79. The van der Waals surface area contributed by atoms with Crippen molar-refractivity contribution in [3.63, 3.8) is 0 Å². The molecule has 0 unspecified atom stereocenters. The number of amides is 1. The molecule has 0 spiro atoms. The highest BCUT2D eigenvalue weighted by Gasteiger charge is 2.24. The molecule has 8 heteroatoms. The predicted octanol–water partition coefficient (Wildman–Crippen LogP) is 1.62. The van der Waals surface area contributed by atoms with Gasteiger partial charge in [-0.2, -0.15) is 5.10 Å². The van der Waals surface area contributed by atoms with Gasteiger partial charge in [-0.05, 0) is 12.1 Å². The number of nitro benzene ring substituents is 1. The van der Waals surface area contributed by atoms with Gasteiger partial charge in [0.05, 0.1) is 11.1 Å². The quantitative estimate of drug-likeness (QED) is 0.652. The molecule has 0 saturated carbocycles. The van der Waals surface area contributed by atoms with Gasteiger partial charge in [-0.25, -0.2) is 0 Å². The Hall–Kier alpha value is -2.90. The monoisotopic (exact) mass is 275 g/mol. The van der Waals surface area contributed by atoms with Crippen molar-refractivity contribution < 1.29 is 9.72 Å². The normalized spacial score (nSPS) is 10.1. The van der Waals surface area contributed by atoms with Crippen molar-refractivity contribution in [3.8, 4) is 0 Å².